The smallest absolute Gasteiger partial charge is 0.270 e. The molecule has 174 valence electrons. The monoisotopic (exact) mass is 454 g/mol. The van der Waals surface area contributed by atoms with E-state index >= 15 is 0 Å². The van der Waals surface area contributed by atoms with Crippen molar-refractivity contribution in [2.75, 3.05) is 6.54 Å². The van der Waals surface area contributed by atoms with Crippen LogP contribution < -0.4 is 5.32 Å². The minimum Gasteiger partial charge on any atom is -0.459 e. The summed E-state index contributed by atoms with van der Waals surface area (Å²) in [5.41, 5.74) is 4.18. The Hall–Kier alpha value is -3.56. The number of aromatic nitrogens is 1. The minimum atomic E-state index is 0.0241. The second-order valence-electron chi connectivity index (χ2n) is 9.23. The van der Waals surface area contributed by atoms with Gasteiger partial charge in [0.25, 0.3) is 5.91 Å². The molecule has 6 nitrogen and oxygen atoms in total. The zero-order valence-electron chi connectivity index (χ0n) is 19.7. The number of H-pyrrole nitrogens is 1. The van der Waals surface area contributed by atoms with Crippen LogP contribution in [0.4, 0.5) is 0 Å². The predicted molar refractivity (Wildman–Crippen MR) is 134 cm³/mol. The fourth-order valence-corrected chi connectivity index (χ4v) is 5.30. The van der Waals surface area contributed by atoms with Crippen molar-refractivity contribution in [3.05, 3.63) is 71.1 Å². The number of hydrogen-bond acceptors (Lipinski definition) is 4. The lowest BCUT2D eigenvalue weighted by molar-refractivity contribution is 0.0622. The third-order valence-electron chi connectivity index (χ3n) is 7.16. The van der Waals surface area contributed by atoms with Gasteiger partial charge in [-0.1, -0.05) is 18.2 Å². The summed E-state index contributed by atoms with van der Waals surface area (Å²) in [6, 6.07) is 18.2. The SMILES string of the molecule is CCN(C(=O)c1cc2cc(C#N)ccc2[nH]1)C1CCC[C@@H](NCc2oc3ccccc3c2C)C1. The van der Waals surface area contributed by atoms with Crippen LogP contribution in [-0.2, 0) is 6.54 Å². The molecule has 4 aromatic rings. The Labute approximate surface area is 199 Å². The van der Waals surface area contributed by atoms with Gasteiger partial charge >= 0.3 is 0 Å². The Bertz CT molecular complexity index is 1380. The summed E-state index contributed by atoms with van der Waals surface area (Å²) in [7, 11) is 0. The summed E-state index contributed by atoms with van der Waals surface area (Å²) in [6.45, 7) is 5.52. The number of nitrogens with zero attached hydrogens (tertiary/aromatic N) is 2. The lowest BCUT2D eigenvalue weighted by Crippen LogP contribution is -2.46. The predicted octanol–water partition coefficient (Wildman–Crippen LogP) is 5.66. The molecule has 2 atom stereocenters. The molecule has 1 saturated carbocycles. The van der Waals surface area contributed by atoms with Crippen LogP contribution in [0.15, 0.2) is 52.9 Å². The number of benzene rings is 2. The van der Waals surface area contributed by atoms with Crippen molar-refractivity contribution in [1.82, 2.24) is 15.2 Å². The molecular formula is C28H30N4O2. The Morgan fingerprint density at radius 3 is 2.88 bits per heavy atom. The highest BCUT2D eigenvalue weighted by atomic mass is 16.3. The molecule has 1 aliphatic carbocycles. The summed E-state index contributed by atoms with van der Waals surface area (Å²) in [5.74, 6) is 1.01. The van der Waals surface area contributed by atoms with Crippen LogP contribution in [-0.4, -0.2) is 34.4 Å². The first-order valence-electron chi connectivity index (χ1n) is 12.1. The van der Waals surface area contributed by atoms with Crippen LogP contribution in [0, 0.1) is 18.3 Å². The molecule has 0 radical (unpaired) electrons. The summed E-state index contributed by atoms with van der Waals surface area (Å²) in [6.07, 6.45) is 4.13. The van der Waals surface area contributed by atoms with E-state index in [2.05, 4.69) is 29.4 Å². The van der Waals surface area contributed by atoms with Crippen molar-refractivity contribution in [2.24, 2.45) is 0 Å². The van der Waals surface area contributed by atoms with E-state index in [0.717, 1.165) is 47.9 Å². The van der Waals surface area contributed by atoms with Gasteiger partial charge in [-0.15, -0.1) is 0 Å². The zero-order chi connectivity index (χ0) is 23.7. The van der Waals surface area contributed by atoms with Crippen LogP contribution in [0.3, 0.4) is 0 Å². The van der Waals surface area contributed by atoms with Gasteiger partial charge in [0, 0.05) is 34.9 Å². The number of rotatable bonds is 6. The normalized spacial score (nSPS) is 18.3. The molecule has 2 N–H and O–H groups in total. The first-order chi connectivity index (χ1) is 16.6. The zero-order valence-corrected chi connectivity index (χ0v) is 19.7. The van der Waals surface area contributed by atoms with Crippen LogP contribution in [0.2, 0.25) is 0 Å². The second kappa shape index (κ2) is 9.36. The molecule has 0 saturated heterocycles. The molecule has 6 heteroatoms. The van der Waals surface area contributed by atoms with Crippen LogP contribution in [0.25, 0.3) is 21.9 Å². The van der Waals surface area contributed by atoms with Crippen molar-refractivity contribution in [3.8, 4) is 6.07 Å². The lowest BCUT2D eigenvalue weighted by Gasteiger charge is -2.37. The Balaban J connectivity index is 1.27. The molecule has 1 amide bonds. The molecule has 5 rings (SSSR count). The summed E-state index contributed by atoms with van der Waals surface area (Å²) < 4.78 is 6.08. The number of furan rings is 1. The number of nitriles is 1. The van der Waals surface area contributed by atoms with Gasteiger partial charge in [-0.05, 0) is 75.4 Å². The molecule has 0 aliphatic heterocycles. The maximum Gasteiger partial charge on any atom is 0.270 e. The average Bonchev–Trinajstić information content (AvgIpc) is 3.44. The quantitative estimate of drug-likeness (QED) is 0.394. The topological polar surface area (TPSA) is 85.1 Å². The van der Waals surface area contributed by atoms with E-state index in [1.165, 1.54) is 10.9 Å². The molecule has 2 heterocycles. The molecule has 1 unspecified atom stereocenters. The van der Waals surface area contributed by atoms with Crippen LogP contribution in [0.1, 0.15) is 60.0 Å². The van der Waals surface area contributed by atoms with E-state index in [1.807, 2.05) is 48.2 Å². The average molecular weight is 455 g/mol. The molecule has 2 aromatic heterocycles. The number of hydrogen-bond donors (Lipinski definition) is 2. The third kappa shape index (κ3) is 4.20. The third-order valence-corrected chi connectivity index (χ3v) is 7.16. The maximum atomic E-state index is 13.4. The van der Waals surface area contributed by atoms with E-state index in [1.54, 1.807) is 6.07 Å². The van der Waals surface area contributed by atoms with Crippen molar-refractivity contribution in [2.45, 2.75) is 58.2 Å². The molecule has 2 aromatic carbocycles. The van der Waals surface area contributed by atoms with E-state index in [4.69, 9.17) is 9.68 Å². The summed E-state index contributed by atoms with van der Waals surface area (Å²) >= 11 is 0. The van der Waals surface area contributed by atoms with E-state index in [9.17, 15) is 4.79 Å². The number of carbonyl (C=O) groups is 1. The van der Waals surface area contributed by atoms with Crippen molar-refractivity contribution >= 4 is 27.8 Å². The van der Waals surface area contributed by atoms with Crippen molar-refractivity contribution in [1.29, 1.82) is 5.26 Å². The highest BCUT2D eigenvalue weighted by Gasteiger charge is 2.30. The van der Waals surface area contributed by atoms with Gasteiger partial charge in [-0.3, -0.25) is 4.79 Å². The number of aromatic amines is 1. The Morgan fingerprint density at radius 2 is 2.09 bits per heavy atom. The van der Waals surface area contributed by atoms with Gasteiger partial charge < -0.3 is 19.6 Å². The van der Waals surface area contributed by atoms with Gasteiger partial charge in [0.2, 0.25) is 0 Å². The first kappa shape index (κ1) is 22.2. The molecular weight excluding hydrogens is 424 g/mol. The van der Waals surface area contributed by atoms with E-state index in [-0.39, 0.29) is 11.9 Å². The largest absolute Gasteiger partial charge is 0.459 e. The highest BCUT2D eigenvalue weighted by molar-refractivity contribution is 5.98. The fourth-order valence-electron chi connectivity index (χ4n) is 5.30. The number of fused-ring (bicyclic) bond motifs is 2. The number of carbonyl (C=O) groups excluding carboxylic acids is 1. The lowest BCUT2D eigenvalue weighted by atomic mass is 9.89. The number of nitrogens with one attached hydrogen (secondary N) is 2. The molecule has 1 fully saturated rings. The minimum absolute atomic E-state index is 0.0241. The van der Waals surface area contributed by atoms with Crippen LogP contribution in [0.5, 0.6) is 0 Å². The summed E-state index contributed by atoms with van der Waals surface area (Å²) in [4.78, 5) is 18.7. The van der Waals surface area contributed by atoms with Gasteiger partial charge in [-0.2, -0.15) is 5.26 Å². The number of para-hydroxylation sites is 1. The van der Waals surface area contributed by atoms with Gasteiger partial charge in [-0.25, -0.2) is 0 Å². The molecule has 34 heavy (non-hydrogen) atoms. The molecule has 1 aliphatic rings. The number of aryl methyl sites for hydroxylation is 1. The molecule has 0 bridgehead atoms. The van der Waals surface area contributed by atoms with E-state index in [0.29, 0.717) is 30.4 Å². The Kier molecular flexibility index (Phi) is 6.12. The number of amides is 1. The fraction of sp³-hybridized carbons (Fsp3) is 0.357. The van der Waals surface area contributed by atoms with Gasteiger partial charge in [0.05, 0.1) is 18.2 Å². The highest BCUT2D eigenvalue weighted by Crippen LogP contribution is 2.28. The standard InChI is InChI=1S/C28H30N4O2/c1-3-32(28(33)25-14-20-13-19(16-29)11-12-24(20)31-25)22-8-6-7-21(15-22)30-17-27-18(2)23-9-4-5-10-26(23)34-27/h4-5,9-14,21-22,30-31H,3,6-8,15,17H2,1-2H3/t21-,22?/m1/s1. The van der Waals surface area contributed by atoms with Crippen molar-refractivity contribution < 1.29 is 9.21 Å². The van der Waals surface area contributed by atoms with Gasteiger partial charge in [0.15, 0.2) is 0 Å². The van der Waals surface area contributed by atoms with Crippen molar-refractivity contribution in [3.63, 3.8) is 0 Å². The van der Waals surface area contributed by atoms with Gasteiger partial charge in [0.1, 0.15) is 17.0 Å². The second-order valence-corrected chi connectivity index (χ2v) is 9.23. The summed E-state index contributed by atoms with van der Waals surface area (Å²) in [5, 5.41) is 14.9. The van der Waals surface area contributed by atoms with E-state index < -0.39 is 0 Å². The Morgan fingerprint density at radius 1 is 1.24 bits per heavy atom. The maximum absolute atomic E-state index is 13.4. The molecule has 0 spiro atoms. The van der Waals surface area contributed by atoms with Crippen LogP contribution >= 0.6 is 0 Å². The first-order valence-corrected chi connectivity index (χ1v) is 12.1.